The van der Waals surface area contributed by atoms with E-state index in [0.29, 0.717) is 35.3 Å². The zero-order chi connectivity index (χ0) is 24.8. The summed E-state index contributed by atoms with van der Waals surface area (Å²) in [6.07, 6.45) is 9.52. The minimum Gasteiger partial charge on any atom is -0.462 e. The lowest BCUT2D eigenvalue weighted by atomic mass is 10.1. The third-order valence-electron chi connectivity index (χ3n) is 5.98. The van der Waals surface area contributed by atoms with Crippen molar-refractivity contribution in [1.29, 1.82) is 0 Å². The van der Waals surface area contributed by atoms with Crippen molar-refractivity contribution in [3.05, 3.63) is 58.5 Å². The number of rotatable bonds is 10. The maximum Gasteiger partial charge on any atom is 0.341 e. The smallest absolute Gasteiger partial charge is 0.341 e. The molecule has 0 unspecified atom stereocenters. The van der Waals surface area contributed by atoms with Crippen molar-refractivity contribution < 1.29 is 14.3 Å². The normalized spacial score (nSPS) is 13.2. The molecule has 1 N–H and O–H groups in total. The number of aryl methyl sites for hydroxylation is 2. The number of thiophene rings is 1. The molecule has 0 saturated heterocycles. The first kappa shape index (κ1) is 25.2. The third kappa shape index (κ3) is 5.87. The van der Waals surface area contributed by atoms with Crippen LogP contribution in [0.25, 0.3) is 0 Å². The molecule has 1 aliphatic rings. The number of nitrogens with zero attached hydrogens (tertiary/aromatic N) is 4. The molecular formula is C25H31N5O3S2. The van der Waals surface area contributed by atoms with Crippen LogP contribution in [0.3, 0.4) is 0 Å². The van der Waals surface area contributed by atoms with Crippen LogP contribution in [0.2, 0.25) is 0 Å². The Balaban J connectivity index is 1.47. The Labute approximate surface area is 213 Å². The summed E-state index contributed by atoms with van der Waals surface area (Å²) in [5.74, 6) is 0.436. The van der Waals surface area contributed by atoms with Gasteiger partial charge in [0.1, 0.15) is 10.8 Å². The van der Waals surface area contributed by atoms with E-state index in [2.05, 4.69) is 32.7 Å². The molecule has 4 rings (SSSR count). The van der Waals surface area contributed by atoms with Gasteiger partial charge in [-0.2, -0.15) is 0 Å². The number of amides is 1. The van der Waals surface area contributed by atoms with Crippen molar-refractivity contribution in [2.24, 2.45) is 7.05 Å². The van der Waals surface area contributed by atoms with E-state index in [4.69, 9.17) is 4.74 Å². The van der Waals surface area contributed by atoms with Gasteiger partial charge in [-0.3, -0.25) is 4.79 Å². The monoisotopic (exact) mass is 513 g/mol. The quantitative estimate of drug-likeness (QED) is 0.184. The van der Waals surface area contributed by atoms with E-state index in [1.807, 2.05) is 23.9 Å². The van der Waals surface area contributed by atoms with Gasteiger partial charge in [0.15, 0.2) is 5.16 Å². The van der Waals surface area contributed by atoms with Crippen LogP contribution >= 0.6 is 23.1 Å². The van der Waals surface area contributed by atoms with E-state index < -0.39 is 0 Å². The SMILES string of the molecule is C=CCn1c(Cc2cccn2C)nnc1SCC(=O)Nc1sc2c(c1C(=O)OCC)CCCCC2. The van der Waals surface area contributed by atoms with E-state index in [1.54, 1.807) is 13.0 Å². The summed E-state index contributed by atoms with van der Waals surface area (Å²) >= 11 is 2.83. The number of hydrogen-bond donors (Lipinski definition) is 1. The summed E-state index contributed by atoms with van der Waals surface area (Å²) in [4.78, 5) is 26.8. The maximum atomic E-state index is 12.9. The molecule has 8 nitrogen and oxygen atoms in total. The number of fused-ring (bicyclic) bond motifs is 1. The number of nitrogens with one attached hydrogen (secondary N) is 1. The zero-order valence-corrected chi connectivity index (χ0v) is 21.8. The van der Waals surface area contributed by atoms with Crippen molar-refractivity contribution >= 4 is 40.0 Å². The molecule has 1 amide bonds. The van der Waals surface area contributed by atoms with E-state index in [-0.39, 0.29) is 17.6 Å². The number of aromatic nitrogens is 4. The first-order valence-corrected chi connectivity index (χ1v) is 13.7. The molecule has 0 aliphatic heterocycles. The lowest BCUT2D eigenvalue weighted by Gasteiger charge is -2.09. The van der Waals surface area contributed by atoms with Gasteiger partial charge in [0.05, 0.1) is 17.9 Å². The summed E-state index contributed by atoms with van der Waals surface area (Å²) in [6, 6.07) is 4.05. The minimum absolute atomic E-state index is 0.157. The molecule has 3 heterocycles. The Bertz CT molecular complexity index is 1210. The molecule has 0 spiro atoms. The van der Waals surface area contributed by atoms with Gasteiger partial charge in [-0.15, -0.1) is 28.1 Å². The summed E-state index contributed by atoms with van der Waals surface area (Å²) < 4.78 is 9.35. The Hall–Kier alpha value is -2.85. The molecule has 3 aromatic rings. The van der Waals surface area contributed by atoms with Gasteiger partial charge < -0.3 is 19.2 Å². The van der Waals surface area contributed by atoms with E-state index in [9.17, 15) is 9.59 Å². The fraction of sp³-hybridized carbons (Fsp3) is 0.440. The summed E-state index contributed by atoms with van der Waals surface area (Å²) in [5, 5.41) is 12.9. The second-order valence-electron chi connectivity index (χ2n) is 8.41. The molecule has 186 valence electrons. The van der Waals surface area contributed by atoms with Crippen LogP contribution in [0.1, 0.15) is 58.5 Å². The minimum atomic E-state index is -0.356. The number of anilines is 1. The molecule has 3 aromatic heterocycles. The largest absolute Gasteiger partial charge is 0.462 e. The Morgan fingerprint density at radius 1 is 1.29 bits per heavy atom. The molecule has 1 aliphatic carbocycles. The van der Waals surface area contributed by atoms with Gasteiger partial charge >= 0.3 is 5.97 Å². The van der Waals surface area contributed by atoms with Crippen LogP contribution in [0.15, 0.2) is 36.1 Å². The molecule has 0 radical (unpaired) electrons. The van der Waals surface area contributed by atoms with Crippen LogP contribution in [0.5, 0.6) is 0 Å². The maximum absolute atomic E-state index is 12.9. The molecule has 0 saturated carbocycles. The number of thioether (sulfide) groups is 1. The van der Waals surface area contributed by atoms with Crippen molar-refractivity contribution in [2.75, 3.05) is 17.7 Å². The van der Waals surface area contributed by atoms with Gasteiger partial charge in [0.2, 0.25) is 5.91 Å². The fourth-order valence-corrected chi connectivity index (χ4v) is 6.31. The average Bonchev–Trinajstić information content (AvgIpc) is 3.46. The lowest BCUT2D eigenvalue weighted by molar-refractivity contribution is -0.113. The number of ether oxygens (including phenoxy) is 1. The number of carbonyl (C=O) groups excluding carboxylic acids is 2. The van der Waals surface area contributed by atoms with Crippen LogP contribution in [0.4, 0.5) is 5.00 Å². The fourth-order valence-electron chi connectivity index (χ4n) is 4.25. The molecule has 0 fully saturated rings. The predicted molar refractivity (Wildman–Crippen MR) is 139 cm³/mol. The molecular weight excluding hydrogens is 482 g/mol. The zero-order valence-electron chi connectivity index (χ0n) is 20.2. The van der Waals surface area contributed by atoms with E-state index >= 15 is 0 Å². The third-order valence-corrected chi connectivity index (χ3v) is 8.16. The number of carbonyl (C=O) groups is 2. The van der Waals surface area contributed by atoms with Crippen molar-refractivity contribution in [3.63, 3.8) is 0 Å². The summed E-state index contributed by atoms with van der Waals surface area (Å²) in [7, 11) is 2.00. The summed E-state index contributed by atoms with van der Waals surface area (Å²) in [6.45, 7) is 6.50. The van der Waals surface area contributed by atoms with Crippen LogP contribution in [0, 0.1) is 0 Å². The first-order chi connectivity index (χ1) is 17.0. The standard InChI is InChI=1S/C25H31N5O3S2/c1-4-13-30-20(15-17-10-9-14-29(17)3)27-28-25(30)34-16-21(31)26-23-22(24(32)33-5-2)18-11-7-6-8-12-19(18)35-23/h4,9-10,14H,1,5-8,11-13,15-16H2,2-3H3,(H,26,31). The number of esters is 1. The van der Waals surface area contributed by atoms with Crippen LogP contribution < -0.4 is 5.32 Å². The van der Waals surface area contributed by atoms with Gasteiger partial charge in [-0.1, -0.05) is 24.3 Å². The van der Waals surface area contributed by atoms with Crippen molar-refractivity contribution in [1.82, 2.24) is 19.3 Å². The molecule has 0 bridgehead atoms. The van der Waals surface area contributed by atoms with Crippen molar-refractivity contribution in [2.45, 2.75) is 57.1 Å². The number of allylic oxidation sites excluding steroid dienone is 1. The molecule has 0 aromatic carbocycles. The first-order valence-electron chi connectivity index (χ1n) is 11.9. The second kappa shape index (κ2) is 11.7. The van der Waals surface area contributed by atoms with Crippen LogP contribution in [-0.4, -0.2) is 43.6 Å². The molecule has 0 atom stereocenters. The van der Waals surface area contributed by atoms with Crippen molar-refractivity contribution in [3.8, 4) is 0 Å². The Morgan fingerprint density at radius 3 is 2.86 bits per heavy atom. The highest BCUT2D eigenvalue weighted by Gasteiger charge is 2.27. The average molecular weight is 514 g/mol. The van der Waals surface area contributed by atoms with Crippen LogP contribution in [-0.2, 0) is 42.4 Å². The summed E-state index contributed by atoms with van der Waals surface area (Å²) in [5.41, 5.74) is 2.71. The predicted octanol–water partition coefficient (Wildman–Crippen LogP) is 4.63. The highest BCUT2D eigenvalue weighted by molar-refractivity contribution is 7.99. The van der Waals surface area contributed by atoms with Gasteiger partial charge in [-0.05, 0) is 50.3 Å². The van der Waals surface area contributed by atoms with E-state index in [1.165, 1.54) is 28.0 Å². The second-order valence-corrected chi connectivity index (χ2v) is 10.5. The molecule has 35 heavy (non-hydrogen) atoms. The Morgan fingerprint density at radius 2 is 2.11 bits per heavy atom. The lowest BCUT2D eigenvalue weighted by Crippen LogP contribution is -2.17. The Kier molecular flexibility index (Phi) is 8.46. The number of hydrogen-bond acceptors (Lipinski definition) is 7. The molecule has 10 heteroatoms. The van der Waals surface area contributed by atoms with Gasteiger partial charge in [0.25, 0.3) is 0 Å². The van der Waals surface area contributed by atoms with Gasteiger partial charge in [0, 0.05) is 36.8 Å². The topological polar surface area (TPSA) is 91.0 Å². The highest BCUT2D eigenvalue weighted by atomic mass is 32.2. The van der Waals surface area contributed by atoms with Gasteiger partial charge in [-0.25, -0.2) is 4.79 Å². The highest BCUT2D eigenvalue weighted by Crippen LogP contribution is 2.38. The van der Waals surface area contributed by atoms with E-state index in [0.717, 1.165) is 49.2 Å².